The molecule has 0 amide bonds. The van der Waals surface area contributed by atoms with E-state index in [-0.39, 0.29) is 6.61 Å². The zero-order chi connectivity index (χ0) is 13.5. The van der Waals surface area contributed by atoms with Gasteiger partial charge in [-0.2, -0.15) is 0 Å². The highest BCUT2D eigenvalue weighted by atomic mass is 16.3. The van der Waals surface area contributed by atoms with Crippen molar-refractivity contribution in [3.63, 3.8) is 0 Å². The summed E-state index contributed by atoms with van der Waals surface area (Å²) in [7, 11) is 0. The molecule has 0 bridgehead atoms. The topological polar surface area (TPSA) is 40.8 Å². The van der Waals surface area contributed by atoms with E-state index in [1.807, 2.05) is 28.8 Å². The van der Waals surface area contributed by atoms with Crippen molar-refractivity contribution in [1.29, 1.82) is 0 Å². The fourth-order valence-electron chi connectivity index (χ4n) is 2.29. The summed E-state index contributed by atoms with van der Waals surface area (Å²) in [5.41, 5.74) is 2.05. The average molecular weight is 261 g/mol. The molecule has 19 heavy (non-hydrogen) atoms. The lowest BCUT2D eigenvalue weighted by Crippen LogP contribution is -2.27. The molecule has 0 spiro atoms. The van der Waals surface area contributed by atoms with Crippen molar-refractivity contribution in [1.82, 2.24) is 14.3 Å². The minimum absolute atomic E-state index is 0.208. The first-order chi connectivity index (χ1) is 9.33. The smallest absolute Gasteiger partial charge is 0.137 e. The standard InChI is InChI=1S/C15H23N3O/c1-2-3-5-8-17(10-11-19)12-14-13-18-9-6-4-7-15(18)16-14/h4,6-7,9,13,19H,2-3,5,8,10-12H2,1H3. The van der Waals surface area contributed by atoms with Crippen molar-refractivity contribution < 1.29 is 5.11 Å². The summed E-state index contributed by atoms with van der Waals surface area (Å²) in [4.78, 5) is 6.88. The van der Waals surface area contributed by atoms with Crippen molar-refractivity contribution in [3.8, 4) is 0 Å². The fraction of sp³-hybridized carbons (Fsp3) is 0.533. The Labute approximate surface area is 114 Å². The molecule has 0 aliphatic carbocycles. The molecule has 0 aromatic carbocycles. The van der Waals surface area contributed by atoms with Crippen LogP contribution in [0, 0.1) is 0 Å². The van der Waals surface area contributed by atoms with Gasteiger partial charge < -0.3 is 9.51 Å². The number of aromatic nitrogens is 2. The monoisotopic (exact) mass is 261 g/mol. The molecule has 2 rings (SSSR count). The first-order valence-corrected chi connectivity index (χ1v) is 7.09. The number of pyridine rings is 1. The molecule has 2 aromatic rings. The fourth-order valence-corrected chi connectivity index (χ4v) is 2.29. The highest BCUT2D eigenvalue weighted by molar-refractivity contribution is 5.39. The van der Waals surface area contributed by atoms with Gasteiger partial charge in [0.25, 0.3) is 0 Å². The van der Waals surface area contributed by atoms with E-state index in [1.165, 1.54) is 19.3 Å². The van der Waals surface area contributed by atoms with Crippen molar-refractivity contribution >= 4 is 5.65 Å². The van der Waals surface area contributed by atoms with E-state index in [4.69, 9.17) is 5.11 Å². The van der Waals surface area contributed by atoms with Gasteiger partial charge >= 0.3 is 0 Å². The lowest BCUT2D eigenvalue weighted by atomic mass is 10.2. The molecule has 2 heterocycles. The molecule has 0 aliphatic rings. The molecule has 0 saturated heterocycles. The molecule has 4 nitrogen and oxygen atoms in total. The maximum atomic E-state index is 9.14. The summed E-state index contributed by atoms with van der Waals surface area (Å²) in [6.45, 7) is 4.98. The highest BCUT2D eigenvalue weighted by Gasteiger charge is 2.08. The van der Waals surface area contributed by atoms with Crippen LogP contribution in [0.4, 0.5) is 0 Å². The predicted octanol–water partition coefficient (Wildman–Crippen LogP) is 2.32. The van der Waals surface area contributed by atoms with Gasteiger partial charge in [-0.25, -0.2) is 4.98 Å². The summed E-state index contributed by atoms with van der Waals surface area (Å²) in [6.07, 6.45) is 7.73. The molecule has 0 unspecified atom stereocenters. The van der Waals surface area contributed by atoms with Crippen LogP contribution in [-0.2, 0) is 6.54 Å². The van der Waals surface area contributed by atoms with Crippen LogP contribution in [0.2, 0.25) is 0 Å². The Morgan fingerprint density at radius 3 is 2.89 bits per heavy atom. The second kappa shape index (κ2) is 7.26. The van der Waals surface area contributed by atoms with E-state index in [0.29, 0.717) is 0 Å². The van der Waals surface area contributed by atoms with Gasteiger partial charge in [0.2, 0.25) is 0 Å². The zero-order valence-electron chi connectivity index (χ0n) is 11.6. The molecule has 104 valence electrons. The second-order valence-corrected chi connectivity index (χ2v) is 4.91. The number of fused-ring (bicyclic) bond motifs is 1. The average Bonchev–Trinajstić information content (AvgIpc) is 2.81. The van der Waals surface area contributed by atoms with E-state index in [9.17, 15) is 0 Å². The number of hydrogen-bond donors (Lipinski definition) is 1. The summed E-state index contributed by atoms with van der Waals surface area (Å²) >= 11 is 0. The Bertz CT molecular complexity index is 462. The van der Waals surface area contributed by atoms with Crippen LogP contribution in [-0.4, -0.2) is 39.1 Å². The largest absolute Gasteiger partial charge is 0.395 e. The van der Waals surface area contributed by atoms with E-state index in [2.05, 4.69) is 23.0 Å². The SMILES string of the molecule is CCCCCN(CCO)Cc1cn2ccccc2n1. The molecule has 0 fully saturated rings. The van der Waals surface area contributed by atoms with Crippen LogP contribution in [0.5, 0.6) is 0 Å². The number of hydrogen-bond acceptors (Lipinski definition) is 3. The van der Waals surface area contributed by atoms with Crippen molar-refractivity contribution in [2.45, 2.75) is 32.7 Å². The quantitative estimate of drug-likeness (QED) is 0.741. The van der Waals surface area contributed by atoms with Crippen LogP contribution >= 0.6 is 0 Å². The molecule has 0 radical (unpaired) electrons. The van der Waals surface area contributed by atoms with Gasteiger partial charge in [0.1, 0.15) is 5.65 Å². The Morgan fingerprint density at radius 1 is 1.26 bits per heavy atom. The van der Waals surface area contributed by atoms with Gasteiger partial charge in [-0.05, 0) is 25.1 Å². The Balaban J connectivity index is 1.98. The van der Waals surface area contributed by atoms with Crippen molar-refractivity contribution in [2.75, 3.05) is 19.7 Å². The summed E-state index contributed by atoms with van der Waals surface area (Å²) in [5, 5.41) is 9.14. The number of rotatable bonds is 8. The lowest BCUT2D eigenvalue weighted by Gasteiger charge is -2.19. The van der Waals surface area contributed by atoms with E-state index < -0.39 is 0 Å². The number of unbranched alkanes of at least 4 members (excludes halogenated alkanes) is 2. The van der Waals surface area contributed by atoms with E-state index >= 15 is 0 Å². The maximum Gasteiger partial charge on any atom is 0.137 e. The Kier molecular flexibility index (Phi) is 5.36. The molecule has 1 N–H and O–H groups in total. The molecule has 2 aromatic heterocycles. The molecular weight excluding hydrogens is 238 g/mol. The summed E-state index contributed by atoms with van der Waals surface area (Å²) in [6, 6.07) is 6.01. The molecule has 0 saturated carbocycles. The first-order valence-electron chi connectivity index (χ1n) is 7.09. The number of aliphatic hydroxyl groups is 1. The number of aliphatic hydroxyl groups excluding tert-OH is 1. The van der Waals surface area contributed by atoms with Crippen LogP contribution in [0.1, 0.15) is 31.9 Å². The lowest BCUT2D eigenvalue weighted by molar-refractivity contribution is 0.186. The predicted molar refractivity (Wildman–Crippen MR) is 77.1 cm³/mol. The van der Waals surface area contributed by atoms with Crippen LogP contribution < -0.4 is 0 Å². The highest BCUT2D eigenvalue weighted by Crippen LogP contribution is 2.08. The Hall–Kier alpha value is -1.39. The Morgan fingerprint density at radius 2 is 2.16 bits per heavy atom. The van der Waals surface area contributed by atoms with Crippen LogP contribution in [0.25, 0.3) is 5.65 Å². The van der Waals surface area contributed by atoms with Crippen LogP contribution in [0.15, 0.2) is 30.6 Å². The number of imidazole rings is 1. The van der Waals surface area contributed by atoms with Crippen molar-refractivity contribution in [2.24, 2.45) is 0 Å². The van der Waals surface area contributed by atoms with Crippen molar-refractivity contribution in [3.05, 3.63) is 36.3 Å². The molecule has 0 atom stereocenters. The first kappa shape index (κ1) is 14.0. The van der Waals surface area contributed by atoms with Gasteiger partial charge in [0.05, 0.1) is 12.3 Å². The third kappa shape index (κ3) is 4.04. The van der Waals surface area contributed by atoms with E-state index in [0.717, 1.165) is 31.0 Å². The van der Waals surface area contributed by atoms with Gasteiger partial charge in [-0.1, -0.05) is 25.8 Å². The van der Waals surface area contributed by atoms with Gasteiger partial charge in [-0.15, -0.1) is 0 Å². The molecule has 0 aliphatic heterocycles. The third-order valence-electron chi connectivity index (χ3n) is 3.29. The number of nitrogens with zero attached hydrogens (tertiary/aromatic N) is 3. The minimum atomic E-state index is 0.208. The normalized spacial score (nSPS) is 11.5. The summed E-state index contributed by atoms with van der Waals surface area (Å²) in [5.74, 6) is 0. The minimum Gasteiger partial charge on any atom is -0.395 e. The molecule has 4 heteroatoms. The van der Waals surface area contributed by atoms with Crippen LogP contribution in [0.3, 0.4) is 0 Å². The maximum absolute atomic E-state index is 9.14. The third-order valence-corrected chi connectivity index (χ3v) is 3.29. The van der Waals surface area contributed by atoms with Gasteiger partial charge in [0, 0.05) is 25.5 Å². The van der Waals surface area contributed by atoms with E-state index in [1.54, 1.807) is 0 Å². The van der Waals surface area contributed by atoms with Gasteiger partial charge in [-0.3, -0.25) is 4.90 Å². The molecular formula is C15H23N3O. The zero-order valence-corrected chi connectivity index (χ0v) is 11.6. The second-order valence-electron chi connectivity index (χ2n) is 4.91. The summed E-state index contributed by atoms with van der Waals surface area (Å²) < 4.78 is 2.04. The van der Waals surface area contributed by atoms with Gasteiger partial charge in [0.15, 0.2) is 0 Å².